The van der Waals surface area contributed by atoms with E-state index in [1.807, 2.05) is 0 Å². The molecule has 0 saturated carbocycles. The SMILES string of the molecule is CS(=O)(=O)NCC1CC=CCC1. The smallest absolute Gasteiger partial charge is 0.208 e. The molecular weight excluding hydrogens is 174 g/mol. The molecule has 0 amide bonds. The highest BCUT2D eigenvalue weighted by atomic mass is 32.2. The van der Waals surface area contributed by atoms with E-state index in [0.717, 1.165) is 19.3 Å². The lowest BCUT2D eigenvalue weighted by Gasteiger charge is -2.17. The topological polar surface area (TPSA) is 46.2 Å². The number of hydrogen-bond acceptors (Lipinski definition) is 2. The second kappa shape index (κ2) is 4.05. The zero-order chi connectivity index (χ0) is 9.03. The molecule has 0 heterocycles. The van der Waals surface area contributed by atoms with E-state index in [2.05, 4.69) is 16.9 Å². The van der Waals surface area contributed by atoms with E-state index in [9.17, 15) is 8.42 Å². The van der Waals surface area contributed by atoms with Crippen LogP contribution in [0.3, 0.4) is 0 Å². The van der Waals surface area contributed by atoms with Gasteiger partial charge in [0.15, 0.2) is 0 Å². The minimum absolute atomic E-state index is 0.490. The van der Waals surface area contributed by atoms with Gasteiger partial charge in [0.05, 0.1) is 6.26 Å². The predicted octanol–water partition coefficient (Wildman–Crippen LogP) is 0.892. The highest BCUT2D eigenvalue weighted by molar-refractivity contribution is 7.88. The van der Waals surface area contributed by atoms with E-state index in [1.54, 1.807) is 0 Å². The molecule has 70 valence electrons. The van der Waals surface area contributed by atoms with Crippen LogP contribution in [0.15, 0.2) is 12.2 Å². The van der Waals surface area contributed by atoms with Gasteiger partial charge in [-0.15, -0.1) is 0 Å². The lowest BCUT2D eigenvalue weighted by molar-refractivity contribution is 0.469. The maximum Gasteiger partial charge on any atom is 0.208 e. The third-order valence-electron chi connectivity index (χ3n) is 2.01. The van der Waals surface area contributed by atoms with Crippen molar-refractivity contribution in [1.29, 1.82) is 0 Å². The standard InChI is InChI=1S/C8H15NO2S/c1-12(10,11)9-7-8-5-3-2-4-6-8/h2-3,8-9H,4-7H2,1H3. The highest BCUT2D eigenvalue weighted by Crippen LogP contribution is 2.16. The number of allylic oxidation sites excluding steroid dienone is 2. The molecule has 0 bridgehead atoms. The minimum Gasteiger partial charge on any atom is -0.215 e. The van der Waals surface area contributed by atoms with Gasteiger partial charge in [-0.05, 0) is 25.2 Å². The molecule has 0 aromatic heterocycles. The molecule has 1 aliphatic carbocycles. The Morgan fingerprint density at radius 3 is 2.75 bits per heavy atom. The van der Waals surface area contributed by atoms with Crippen LogP contribution in [0, 0.1) is 5.92 Å². The van der Waals surface area contributed by atoms with Crippen LogP contribution in [0.2, 0.25) is 0 Å². The van der Waals surface area contributed by atoms with Crippen LogP contribution in [0.1, 0.15) is 19.3 Å². The zero-order valence-corrected chi connectivity index (χ0v) is 8.10. The first-order valence-electron chi connectivity index (χ1n) is 4.17. The Bertz CT molecular complexity index is 256. The molecule has 0 fully saturated rings. The van der Waals surface area contributed by atoms with Gasteiger partial charge < -0.3 is 0 Å². The quantitative estimate of drug-likeness (QED) is 0.670. The number of hydrogen-bond donors (Lipinski definition) is 1. The normalized spacial score (nSPS) is 24.2. The van der Waals surface area contributed by atoms with Gasteiger partial charge in [-0.1, -0.05) is 12.2 Å². The fourth-order valence-corrected chi connectivity index (χ4v) is 1.85. The summed E-state index contributed by atoms with van der Waals surface area (Å²) in [5.41, 5.74) is 0. The molecule has 0 aliphatic heterocycles. The Morgan fingerprint density at radius 1 is 1.50 bits per heavy atom. The van der Waals surface area contributed by atoms with Gasteiger partial charge in [0.2, 0.25) is 10.0 Å². The number of nitrogens with one attached hydrogen (secondary N) is 1. The molecule has 0 radical (unpaired) electrons. The van der Waals surface area contributed by atoms with E-state index >= 15 is 0 Å². The molecule has 0 aromatic rings. The maximum absolute atomic E-state index is 10.7. The summed E-state index contributed by atoms with van der Waals surface area (Å²) in [6.45, 7) is 0.586. The largest absolute Gasteiger partial charge is 0.215 e. The number of sulfonamides is 1. The van der Waals surface area contributed by atoms with Crippen molar-refractivity contribution >= 4 is 10.0 Å². The average molecular weight is 189 g/mol. The molecule has 0 saturated heterocycles. The molecular formula is C8H15NO2S. The van der Waals surface area contributed by atoms with Crippen LogP contribution in [0.25, 0.3) is 0 Å². The zero-order valence-electron chi connectivity index (χ0n) is 7.29. The molecule has 1 N–H and O–H groups in total. The Morgan fingerprint density at radius 2 is 2.25 bits per heavy atom. The van der Waals surface area contributed by atoms with Crippen LogP contribution in [-0.2, 0) is 10.0 Å². The van der Waals surface area contributed by atoms with Crippen LogP contribution < -0.4 is 4.72 Å². The minimum atomic E-state index is -3.00. The Kier molecular flexibility index (Phi) is 3.29. The summed E-state index contributed by atoms with van der Waals surface area (Å²) in [7, 11) is -3.00. The fourth-order valence-electron chi connectivity index (χ4n) is 1.31. The summed E-state index contributed by atoms with van der Waals surface area (Å²) in [4.78, 5) is 0. The van der Waals surface area contributed by atoms with Crippen LogP contribution >= 0.6 is 0 Å². The molecule has 0 aromatic carbocycles. The molecule has 1 aliphatic rings. The van der Waals surface area contributed by atoms with Gasteiger partial charge in [0.25, 0.3) is 0 Å². The van der Waals surface area contributed by atoms with Crippen LogP contribution in [-0.4, -0.2) is 21.2 Å². The van der Waals surface area contributed by atoms with Crippen LogP contribution in [0.5, 0.6) is 0 Å². The third-order valence-corrected chi connectivity index (χ3v) is 2.70. The predicted molar refractivity (Wildman–Crippen MR) is 49.3 cm³/mol. The van der Waals surface area contributed by atoms with Gasteiger partial charge in [-0.3, -0.25) is 0 Å². The van der Waals surface area contributed by atoms with Crippen molar-refractivity contribution in [3.8, 4) is 0 Å². The molecule has 4 heteroatoms. The van der Waals surface area contributed by atoms with E-state index in [0.29, 0.717) is 12.5 Å². The highest BCUT2D eigenvalue weighted by Gasteiger charge is 2.11. The Hall–Kier alpha value is -0.350. The van der Waals surface area contributed by atoms with Crippen molar-refractivity contribution in [3.05, 3.63) is 12.2 Å². The molecule has 12 heavy (non-hydrogen) atoms. The van der Waals surface area contributed by atoms with Gasteiger partial charge in [0, 0.05) is 6.54 Å². The summed E-state index contributed by atoms with van der Waals surface area (Å²) in [6.07, 6.45) is 8.65. The summed E-state index contributed by atoms with van der Waals surface area (Å²) in [6, 6.07) is 0. The summed E-state index contributed by atoms with van der Waals surface area (Å²) >= 11 is 0. The van der Waals surface area contributed by atoms with Crippen molar-refractivity contribution in [3.63, 3.8) is 0 Å². The summed E-state index contributed by atoms with van der Waals surface area (Å²) in [5.74, 6) is 0.490. The first-order chi connectivity index (χ1) is 5.58. The molecule has 1 atom stereocenters. The van der Waals surface area contributed by atoms with Gasteiger partial charge >= 0.3 is 0 Å². The molecule has 1 unspecified atom stereocenters. The summed E-state index contributed by atoms with van der Waals surface area (Å²) < 4.78 is 24.0. The Labute approximate surface area is 73.9 Å². The van der Waals surface area contributed by atoms with Crippen molar-refractivity contribution in [2.75, 3.05) is 12.8 Å². The van der Waals surface area contributed by atoms with Crippen molar-refractivity contribution in [2.45, 2.75) is 19.3 Å². The molecule has 3 nitrogen and oxygen atoms in total. The first kappa shape index (κ1) is 9.74. The Balaban J connectivity index is 2.28. The average Bonchev–Trinajstić information content (AvgIpc) is 2.02. The third kappa shape index (κ3) is 3.88. The maximum atomic E-state index is 10.7. The van der Waals surface area contributed by atoms with Gasteiger partial charge in [0.1, 0.15) is 0 Å². The van der Waals surface area contributed by atoms with Crippen molar-refractivity contribution in [1.82, 2.24) is 4.72 Å². The van der Waals surface area contributed by atoms with Crippen molar-refractivity contribution in [2.24, 2.45) is 5.92 Å². The second-order valence-corrected chi connectivity index (χ2v) is 5.10. The van der Waals surface area contributed by atoms with Crippen molar-refractivity contribution < 1.29 is 8.42 Å². The lowest BCUT2D eigenvalue weighted by atomic mass is 9.95. The monoisotopic (exact) mass is 189 g/mol. The van der Waals surface area contributed by atoms with Gasteiger partial charge in [-0.2, -0.15) is 0 Å². The van der Waals surface area contributed by atoms with E-state index in [-0.39, 0.29) is 0 Å². The molecule has 0 spiro atoms. The van der Waals surface area contributed by atoms with E-state index in [4.69, 9.17) is 0 Å². The summed E-state index contributed by atoms with van der Waals surface area (Å²) in [5, 5.41) is 0. The van der Waals surface area contributed by atoms with Crippen LogP contribution in [0.4, 0.5) is 0 Å². The number of rotatable bonds is 3. The van der Waals surface area contributed by atoms with Gasteiger partial charge in [-0.25, -0.2) is 13.1 Å². The fraction of sp³-hybridized carbons (Fsp3) is 0.750. The van der Waals surface area contributed by atoms with E-state index < -0.39 is 10.0 Å². The molecule has 1 rings (SSSR count). The lowest BCUT2D eigenvalue weighted by Crippen LogP contribution is -2.28. The van der Waals surface area contributed by atoms with E-state index in [1.165, 1.54) is 6.26 Å². The first-order valence-corrected chi connectivity index (χ1v) is 6.07. The second-order valence-electron chi connectivity index (χ2n) is 3.27.